The number of phenols is 1. The Balaban J connectivity index is 1.11. The Bertz CT molecular complexity index is 5100. The number of aromatic nitrogens is 2. The molecule has 0 unspecified atom stereocenters. The van der Waals surface area contributed by atoms with E-state index in [1.165, 1.54) is 79.5 Å². The molecule has 3 fully saturated rings. The van der Waals surface area contributed by atoms with Crippen LogP contribution < -0.4 is 42.5 Å². The minimum Gasteiger partial charge on any atom is -0.508 e. The molecular weight excluding hydrogens is 1720 g/mol. The van der Waals surface area contributed by atoms with Gasteiger partial charge < -0.3 is 87.3 Å². The number of carboxylic acid groups (broad SMARTS) is 1. The number of hydrogen-bond donors (Lipinski definition) is 12. The number of rotatable bonds is 24. The van der Waals surface area contributed by atoms with E-state index in [1.807, 2.05) is 24.3 Å². The molecule has 3 aliphatic rings. The van der Waals surface area contributed by atoms with Crippen LogP contribution in [0, 0.1) is 17.8 Å². The first-order valence-corrected chi connectivity index (χ1v) is 46.1. The molecule has 15 atom stereocenters. The second-order valence-corrected chi connectivity index (χ2v) is 36.8. The first-order chi connectivity index (χ1) is 60.3. The van der Waals surface area contributed by atoms with Gasteiger partial charge in [0.1, 0.15) is 82.0 Å². The maximum Gasteiger partial charge on any atom is 0.328 e. The number of phenolic OH excluding ortho intramolecular Hbond substituents is 1. The zero-order chi connectivity index (χ0) is 92.8. The van der Waals surface area contributed by atoms with E-state index in [1.54, 1.807) is 87.2 Å². The molecule has 0 bridgehead atoms. The number of para-hydroxylation sites is 1. The third kappa shape index (κ3) is 27.1. The molecule has 3 aliphatic heterocycles. The summed E-state index contributed by atoms with van der Waals surface area (Å²) < 4.78 is 26.2. The number of amides is 13. The number of nitrogens with one attached hydrogen (secondary N) is 9. The third-order valence-electron chi connectivity index (χ3n) is 23.8. The molecule has 4 aromatic carbocycles. The number of carboxylic acids is 1. The number of carbonyl (C=O) groups is 15. The lowest BCUT2D eigenvalue weighted by atomic mass is 9.88. The Hall–Kier alpha value is -11.4. The van der Waals surface area contributed by atoms with E-state index in [4.69, 9.17) is 23.2 Å². The normalized spacial score (nSPS) is 23.6. The number of aromatic hydroxyl groups is 1. The maximum absolute atomic E-state index is 15.9. The number of Topliss-reactive ketones (excluding diaryl/α,β-unsaturated/α-hetero) is 1. The van der Waals surface area contributed by atoms with Gasteiger partial charge in [0, 0.05) is 124 Å². The van der Waals surface area contributed by atoms with Crippen LogP contribution >= 0.6 is 34.5 Å². The molecule has 0 aliphatic carbocycles. The highest BCUT2D eigenvalue weighted by atomic mass is 35.5. The van der Waals surface area contributed by atoms with E-state index in [0.29, 0.717) is 34.4 Å². The van der Waals surface area contributed by atoms with Crippen molar-refractivity contribution in [3.05, 3.63) is 152 Å². The van der Waals surface area contributed by atoms with Gasteiger partial charge in [0.25, 0.3) is 0 Å². The first kappa shape index (κ1) is 99.4. The van der Waals surface area contributed by atoms with Crippen molar-refractivity contribution in [3.8, 4) is 5.75 Å². The molecule has 39 heteroatoms. The molecule has 0 saturated carbocycles. The minimum atomic E-state index is -3.95. The number of aliphatic hydroxyl groups is 1. The summed E-state index contributed by atoms with van der Waals surface area (Å²) in [6.07, 6.45) is -0.238. The Kier molecular flexibility index (Phi) is 35.9. The number of aromatic amines is 1. The SMILES string of the molecule is CC[C@H](C)[C@@H]1NC(=O)[C@H](C)NC(=O)C[C@@H](C(=O)N2CCC[C@H]2C(=O)N(C)[C@@H](Cc2cccc(Cl)c2)C(=O)N[C@@H](CO)C(=O)O)NC(=O)CCNC(=O)[C@@H](Cc2ccc(O)cc2)NC(=O)[C@H](CCS(C)(=O)=O)NC(=O)[C@H](Cc2cccc(Cl)c2)N(C)C(=O)[C@@H]2CCCN2C(=O)[C@H](Cc2c[nH]c3ccccc23)CC(=O)[C@H](Cc2cscn2)N(C)C(=O)[C@H]([C@@H](C)CC)NC1=O. The molecule has 5 heterocycles. The molecule has 35 nitrogen and oxygen atoms in total. The van der Waals surface area contributed by atoms with E-state index < -0.39 is 233 Å². The topological polar surface area (TPSA) is 492 Å². The Labute approximate surface area is 750 Å². The molecule has 127 heavy (non-hydrogen) atoms. The van der Waals surface area contributed by atoms with E-state index >= 15 is 38.4 Å². The predicted molar refractivity (Wildman–Crippen MR) is 472 cm³/mol. The Morgan fingerprint density at radius 3 is 1.98 bits per heavy atom. The maximum atomic E-state index is 15.9. The van der Waals surface area contributed by atoms with Gasteiger partial charge in [0.05, 0.1) is 36.0 Å². The van der Waals surface area contributed by atoms with Gasteiger partial charge in [-0.1, -0.05) is 118 Å². The van der Waals surface area contributed by atoms with Crippen LogP contribution in [-0.2, 0) is 114 Å². The van der Waals surface area contributed by atoms with Crippen molar-refractivity contribution < 1.29 is 95.7 Å². The van der Waals surface area contributed by atoms with Gasteiger partial charge in [-0.15, -0.1) is 11.3 Å². The summed E-state index contributed by atoms with van der Waals surface area (Å²) in [6.45, 7) is 6.42. The van der Waals surface area contributed by atoms with Crippen LogP contribution in [0.5, 0.6) is 5.75 Å². The van der Waals surface area contributed by atoms with Crippen LogP contribution in [0.4, 0.5) is 0 Å². The second-order valence-electron chi connectivity index (χ2n) is 32.9. The van der Waals surface area contributed by atoms with Gasteiger partial charge in [-0.25, -0.2) is 18.2 Å². The van der Waals surface area contributed by atoms with Crippen LogP contribution in [0.15, 0.2) is 114 Å². The number of thiazole rings is 1. The third-order valence-corrected chi connectivity index (χ3v) is 25.8. The zero-order valence-corrected chi connectivity index (χ0v) is 75.5. The zero-order valence-electron chi connectivity index (χ0n) is 72.3. The predicted octanol–water partition coefficient (Wildman–Crippen LogP) is 3.12. The highest BCUT2D eigenvalue weighted by molar-refractivity contribution is 7.90. The summed E-state index contributed by atoms with van der Waals surface area (Å²) in [5, 5.41) is 53.7. The number of fused-ring (bicyclic) bond motifs is 2. The number of halogens is 2. The highest BCUT2D eigenvalue weighted by Gasteiger charge is 2.47. The fraction of sp³-hybridized carbons (Fsp3) is 0.500. The number of aliphatic hydroxyl groups excluding tert-OH is 1. The van der Waals surface area contributed by atoms with E-state index in [9.17, 15) is 57.3 Å². The molecule has 12 N–H and O–H groups in total. The van der Waals surface area contributed by atoms with Crippen molar-refractivity contribution in [2.45, 2.75) is 203 Å². The Morgan fingerprint density at radius 2 is 1.32 bits per heavy atom. The van der Waals surface area contributed by atoms with E-state index in [0.717, 1.165) is 31.9 Å². The standard InChI is InChI=1S/C88H113Cl2N15O20S2/c1-10-49(3)75-82(116)100-76(50(4)11-2)87(121)101(6)69(43-59-47-126-48-93-59)72(108)42-55(41-56-45-92-62-23-13-12-22-61(56)62)83(117)104-33-16-24-67(104)85(119)102(7)70(39-53-18-14-20-57(89)36-53)80(114)96-63(31-35-127(9,124)125)79(113)97-64(38-52-26-28-60(107)29-27-52)78(112)91-32-30-73(109)95-65(44-74(110)94-51(5)77(111)99-75)84(118)105-34-17-25-68(105)86(120)103(8)71(40-54-19-15-21-58(90)37-54)81(115)98-66(46-106)88(122)123/h12-15,18-23,26-29,36-37,45,47-51,55,63-71,75-76,92,106-107H,10-11,16-17,24-25,30-35,38-44,46H2,1-9H3,(H,91,112)(H,94,110)(H,95,109)(H,96,114)(H,97,113)(H,98,115)(H,99,111)(H,100,116)(H,122,123)/t49-,50-,51-,55+,63-,64+,65-,66-,67-,68-,69-,70-,71-,75-,76-/m0/s1. The van der Waals surface area contributed by atoms with Crippen LogP contribution in [0.3, 0.4) is 0 Å². The number of benzene rings is 4. The second kappa shape index (κ2) is 45.8. The van der Waals surface area contributed by atoms with Crippen LogP contribution in [0.2, 0.25) is 10.0 Å². The summed E-state index contributed by atoms with van der Waals surface area (Å²) in [5.74, 6) is -17.5. The van der Waals surface area contributed by atoms with Crippen molar-refractivity contribution >= 4 is 144 Å². The van der Waals surface area contributed by atoms with Gasteiger partial charge in [-0.3, -0.25) is 67.1 Å². The molecule has 686 valence electrons. The smallest absolute Gasteiger partial charge is 0.328 e. The molecule has 6 aromatic rings. The molecular formula is C88H113Cl2N15O20S2. The van der Waals surface area contributed by atoms with Crippen molar-refractivity contribution in [1.82, 2.24) is 77.0 Å². The number of sulfone groups is 1. The highest BCUT2D eigenvalue weighted by Crippen LogP contribution is 2.32. The first-order valence-electron chi connectivity index (χ1n) is 42.3. The summed E-state index contributed by atoms with van der Waals surface area (Å²) in [7, 11) is 0.0156. The van der Waals surface area contributed by atoms with Crippen molar-refractivity contribution in [1.29, 1.82) is 0 Å². The molecule has 3 saturated heterocycles. The van der Waals surface area contributed by atoms with Crippen LogP contribution in [0.25, 0.3) is 10.9 Å². The fourth-order valence-corrected chi connectivity index (χ4v) is 17.6. The van der Waals surface area contributed by atoms with Crippen LogP contribution in [0.1, 0.15) is 127 Å². The van der Waals surface area contributed by atoms with Gasteiger partial charge in [-0.05, 0) is 122 Å². The summed E-state index contributed by atoms with van der Waals surface area (Å²) in [4.78, 5) is 237. The lowest BCUT2D eigenvalue weighted by Crippen LogP contribution is -2.60. The van der Waals surface area contributed by atoms with Gasteiger partial charge in [-0.2, -0.15) is 0 Å². The number of likely N-dealkylation sites (tertiary alicyclic amines) is 1. The number of likely N-dealkylation sites (N-methyl/N-ethyl adjacent to an activating group) is 3. The average molecular weight is 1840 g/mol. The lowest BCUT2D eigenvalue weighted by molar-refractivity contribution is -0.149. The molecule has 0 spiro atoms. The summed E-state index contributed by atoms with van der Waals surface area (Å²) in [5.41, 5.74) is 4.49. The van der Waals surface area contributed by atoms with Gasteiger partial charge in [0.15, 0.2) is 5.78 Å². The number of carbonyl (C=O) groups excluding carboxylic acids is 14. The average Bonchev–Trinajstić information content (AvgIpc) is 1.71. The minimum absolute atomic E-state index is 0.00919. The number of ketones is 1. The molecule has 13 amide bonds. The van der Waals surface area contributed by atoms with E-state index in [-0.39, 0.29) is 93.1 Å². The Morgan fingerprint density at radius 1 is 0.677 bits per heavy atom. The monoisotopic (exact) mass is 1830 g/mol. The fourth-order valence-electron chi connectivity index (χ4n) is 16.0. The van der Waals surface area contributed by atoms with Crippen LogP contribution in [-0.4, -0.2) is 279 Å². The largest absolute Gasteiger partial charge is 0.508 e. The number of hydrogen-bond acceptors (Lipinski definition) is 21. The lowest BCUT2D eigenvalue weighted by Gasteiger charge is -2.36. The number of nitrogens with zero attached hydrogens (tertiary/aromatic N) is 6. The number of H-pyrrole nitrogens is 1. The van der Waals surface area contributed by atoms with Crippen molar-refractivity contribution in [2.75, 3.05) is 59.4 Å². The van der Waals surface area contributed by atoms with Crippen molar-refractivity contribution in [2.24, 2.45) is 17.8 Å². The van der Waals surface area contributed by atoms with E-state index in [2.05, 4.69) is 52.5 Å². The summed E-state index contributed by atoms with van der Waals surface area (Å²) in [6, 6.07) is 6.81. The van der Waals surface area contributed by atoms with Gasteiger partial charge >= 0.3 is 5.97 Å². The van der Waals surface area contributed by atoms with Crippen molar-refractivity contribution in [3.63, 3.8) is 0 Å². The van der Waals surface area contributed by atoms with Gasteiger partial charge in [0.2, 0.25) is 76.8 Å². The summed E-state index contributed by atoms with van der Waals surface area (Å²) >= 11 is 14.1. The molecule has 9 rings (SSSR count). The molecule has 0 radical (unpaired) electrons. The quantitative estimate of drug-likeness (QED) is 0.0414. The number of aliphatic carboxylic acids is 1. The molecule has 2 aromatic heterocycles.